The summed E-state index contributed by atoms with van der Waals surface area (Å²) in [7, 11) is 1.72. The molecule has 0 bridgehead atoms. The molecule has 0 heterocycles. The molecule has 0 aliphatic rings. The first-order chi connectivity index (χ1) is 9.72. The number of benzene rings is 1. The Hall–Kier alpha value is -1.31. The molecule has 21 heavy (non-hydrogen) atoms. The standard InChI is InChI=1S/C15H21IN2O3/c1-9(2)7-10(3)18(4)15(21)17-13-6-5-11(16)8-12(13)14(19)20/h5-6,8-10H,7H2,1-4H3,(H,17,21)(H,19,20). The van der Waals surface area contributed by atoms with Crippen LogP contribution in [0.15, 0.2) is 18.2 Å². The van der Waals surface area contributed by atoms with Crippen LogP contribution in [0.5, 0.6) is 0 Å². The van der Waals surface area contributed by atoms with E-state index in [9.17, 15) is 14.7 Å². The lowest BCUT2D eigenvalue weighted by atomic mass is 10.0. The lowest BCUT2D eigenvalue weighted by Gasteiger charge is -2.26. The number of nitrogens with one attached hydrogen (secondary N) is 1. The highest BCUT2D eigenvalue weighted by molar-refractivity contribution is 14.1. The zero-order valence-corrected chi connectivity index (χ0v) is 14.8. The number of carbonyl (C=O) groups is 2. The Bertz CT molecular complexity index is 532. The third-order valence-corrected chi connectivity index (χ3v) is 3.92. The summed E-state index contributed by atoms with van der Waals surface area (Å²) in [5.74, 6) is -0.565. The molecule has 116 valence electrons. The van der Waals surface area contributed by atoms with Gasteiger partial charge in [0.15, 0.2) is 0 Å². The number of hydrogen-bond acceptors (Lipinski definition) is 2. The lowest BCUT2D eigenvalue weighted by molar-refractivity contribution is 0.0698. The van der Waals surface area contributed by atoms with Gasteiger partial charge in [-0.3, -0.25) is 0 Å². The molecule has 2 N–H and O–H groups in total. The summed E-state index contributed by atoms with van der Waals surface area (Å²) < 4.78 is 0.810. The van der Waals surface area contributed by atoms with E-state index in [2.05, 4.69) is 19.2 Å². The van der Waals surface area contributed by atoms with Gasteiger partial charge in [0.2, 0.25) is 0 Å². The summed E-state index contributed by atoms with van der Waals surface area (Å²) in [6.45, 7) is 6.18. The van der Waals surface area contributed by atoms with E-state index in [1.54, 1.807) is 24.1 Å². The number of halogens is 1. The van der Waals surface area contributed by atoms with Crippen molar-refractivity contribution in [1.29, 1.82) is 0 Å². The van der Waals surface area contributed by atoms with Crippen LogP contribution in [0.1, 0.15) is 37.6 Å². The molecule has 0 saturated carbocycles. The Morgan fingerprint density at radius 3 is 2.48 bits per heavy atom. The van der Waals surface area contributed by atoms with Crippen LogP contribution in [0.4, 0.5) is 10.5 Å². The smallest absolute Gasteiger partial charge is 0.337 e. The van der Waals surface area contributed by atoms with Gasteiger partial charge in [0, 0.05) is 16.7 Å². The van der Waals surface area contributed by atoms with Crippen molar-refractivity contribution >= 4 is 40.3 Å². The first-order valence-corrected chi connectivity index (χ1v) is 7.87. The van der Waals surface area contributed by atoms with E-state index in [-0.39, 0.29) is 17.6 Å². The Morgan fingerprint density at radius 2 is 1.95 bits per heavy atom. The fourth-order valence-corrected chi connectivity index (χ4v) is 2.54. The zero-order chi connectivity index (χ0) is 16.2. The average molecular weight is 404 g/mol. The third kappa shape index (κ3) is 5.18. The average Bonchev–Trinajstić information content (AvgIpc) is 2.38. The van der Waals surface area contributed by atoms with Crippen molar-refractivity contribution in [2.24, 2.45) is 5.92 Å². The summed E-state index contributed by atoms with van der Waals surface area (Å²) in [5.41, 5.74) is 0.414. The van der Waals surface area contributed by atoms with Crippen molar-refractivity contribution in [2.75, 3.05) is 12.4 Å². The number of hydrogen-bond donors (Lipinski definition) is 2. The topological polar surface area (TPSA) is 69.6 Å². The molecule has 0 spiro atoms. The predicted molar refractivity (Wildman–Crippen MR) is 91.8 cm³/mol. The molecular formula is C15H21IN2O3. The van der Waals surface area contributed by atoms with Crippen molar-refractivity contribution in [3.05, 3.63) is 27.3 Å². The highest BCUT2D eigenvalue weighted by atomic mass is 127. The molecule has 0 aromatic heterocycles. The Labute approximate surface area is 138 Å². The van der Waals surface area contributed by atoms with Gasteiger partial charge in [0.05, 0.1) is 11.3 Å². The van der Waals surface area contributed by atoms with Crippen LogP contribution in [-0.2, 0) is 0 Å². The first kappa shape index (κ1) is 17.7. The highest BCUT2D eigenvalue weighted by Gasteiger charge is 2.19. The van der Waals surface area contributed by atoms with Crippen LogP contribution >= 0.6 is 22.6 Å². The maximum atomic E-state index is 12.2. The summed E-state index contributed by atoms with van der Waals surface area (Å²) in [6.07, 6.45) is 0.891. The summed E-state index contributed by atoms with van der Waals surface area (Å²) in [4.78, 5) is 25.1. The fourth-order valence-electron chi connectivity index (χ4n) is 2.05. The molecule has 0 radical (unpaired) electrons. The largest absolute Gasteiger partial charge is 0.478 e. The number of carbonyl (C=O) groups excluding carboxylic acids is 1. The number of aromatic carboxylic acids is 1. The maximum absolute atomic E-state index is 12.2. The van der Waals surface area contributed by atoms with Gasteiger partial charge in [-0.15, -0.1) is 0 Å². The van der Waals surface area contributed by atoms with Crippen LogP contribution in [-0.4, -0.2) is 35.1 Å². The minimum atomic E-state index is -1.05. The normalized spacial score (nSPS) is 12.1. The maximum Gasteiger partial charge on any atom is 0.337 e. The number of carboxylic acid groups (broad SMARTS) is 1. The van der Waals surface area contributed by atoms with Crippen molar-refractivity contribution in [3.8, 4) is 0 Å². The molecule has 0 aliphatic carbocycles. The van der Waals surface area contributed by atoms with E-state index in [4.69, 9.17) is 0 Å². The quantitative estimate of drug-likeness (QED) is 0.732. The Kier molecular flexibility index (Phi) is 6.44. The highest BCUT2D eigenvalue weighted by Crippen LogP contribution is 2.20. The zero-order valence-electron chi connectivity index (χ0n) is 12.7. The molecule has 1 rings (SSSR count). The van der Waals surface area contributed by atoms with Crippen molar-refractivity contribution < 1.29 is 14.7 Å². The monoisotopic (exact) mass is 404 g/mol. The lowest BCUT2D eigenvalue weighted by Crippen LogP contribution is -2.39. The van der Waals surface area contributed by atoms with Gasteiger partial charge in [0.25, 0.3) is 0 Å². The van der Waals surface area contributed by atoms with Crippen LogP contribution in [0, 0.1) is 9.49 Å². The third-order valence-electron chi connectivity index (χ3n) is 3.25. The van der Waals surface area contributed by atoms with Gasteiger partial charge in [-0.25, -0.2) is 9.59 Å². The van der Waals surface area contributed by atoms with Gasteiger partial charge in [-0.05, 0) is 60.1 Å². The van der Waals surface area contributed by atoms with Gasteiger partial charge in [0.1, 0.15) is 0 Å². The van der Waals surface area contributed by atoms with Crippen LogP contribution < -0.4 is 5.32 Å². The molecule has 5 nitrogen and oxygen atoms in total. The second-order valence-corrected chi connectivity index (χ2v) is 6.76. The SMILES string of the molecule is CC(C)CC(C)N(C)C(=O)Nc1ccc(I)cc1C(=O)O. The molecule has 2 amide bonds. The molecular weight excluding hydrogens is 383 g/mol. The Morgan fingerprint density at radius 1 is 1.33 bits per heavy atom. The number of urea groups is 1. The first-order valence-electron chi connectivity index (χ1n) is 6.79. The summed E-state index contributed by atoms with van der Waals surface area (Å²) in [5, 5.41) is 11.9. The number of carboxylic acids is 1. The fraction of sp³-hybridized carbons (Fsp3) is 0.467. The van der Waals surface area contributed by atoms with E-state index >= 15 is 0 Å². The van der Waals surface area contributed by atoms with Crippen LogP contribution in [0.25, 0.3) is 0 Å². The molecule has 1 aromatic rings. The molecule has 1 unspecified atom stereocenters. The van der Waals surface area contributed by atoms with Gasteiger partial charge in [-0.1, -0.05) is 13.8 Å². The van der Waals surface area contributed by atoms with E-state index in [0.29, 0.717) is 11.6 Å². The van der Waals surface area contributed by atoms with Crippen LogP contribution in [0.3, 0.4) is 0 Å². The molecule has 0 aliphatic heterocycles. The van der Waals surface area contributed by atoms with Crippen LogP contribution in [0.2, 0.25) is 0 Å². The van der Waals surface area contributed by atoms with Crippen molar-refractivity contribution in [1.82, 2.24) is 4.90 Å². The van der Waals surface area contributed by atoms with E-state index in [1.807, 2.05) is 29.5 Å². The van der Waals surface area contributed by atoms with Crippen molar-refractivity contribution in [2.45, 2.75) is 33.2 Å². The molecule has 0 saturated heterocycles. The number of anilines is 1. The number of amides is 2. The number of nitrogens with zero attached hydrogens (tertiary/aromatic N) is 1. The van der Waals surface area contributed by atoms with E-state index in [0.717, 1.165) is 9.99 Å². The van der Waals surface area contributed by atoms with E-state index < -0.39 is 5.97 Å². The molecule has 0 fully saturated rings. The summed E-state index contributed by atoms with van der Waals surface area (Å²) in [6, 6.07) is 4.70. The van der Waals surface area contributed by atoms with Gasteiger partial charge in [-0.2, -0.15) is 0 Å². The number of rotatable bonds is 5. The minimum Gasteiger partial charge on any atom is -0.478 e. The predicted octanol–water partition coefficient (Wildman–Crippen LogP) is 3.89. The summed E-state index contributed by atoms with van der Waals surface area (Å²) >= 11 is 2.04. The molecule has 1 aromatic carbocycles. The van der Waals surface area contributed by atoms with Gasteiger partial charge < -0.3 is 15.3 Å². The van der Waals surface area contributed by atoms with Crippen molar-refractivity contribution in [3.63, 3.8) is 0 Å². The van der Waals surface area contributed by atoms with E-state index in [1.165, 1.54) is 6.07 Å². The molecule has 1 atom stereocenters. The second-order valence-electron chi connectivity index (χ2n) is 5.51. The molecule has 6 heteroatoms. The minimum absolute atomic E-state index is 0.0853. The van der Waals surface area contributed by atoms with Gasteiger partial charge >= 0.3 is 12.0 Å². The second kappa shape index (κ2) is 7.63. The Balaban J connectivity index is 2.86.